The third kappa shape index (κ3) is 2.59. The van der Waals surface area contributed by atoms with Crippen LogP contribution in [0.5, 0.6) is 0 Å². The molecule has 0 spiro atoms. The van der Waals surface area contributed by atoms with Gasteiger partial charge in [-0.3, -0.25) is 4.98 Å². The van der Waals surface area contributed by atoms with Crippen LogP contribution in [-0.2, 0) is 0 Å². The highest BCUT2D eigenvalue weighted by Gasteiger charge is 2.08. The number of aromatic nitrogens is 2. The van der Waals surface area contributed by atoms with Crippen LogP contribution < -0.4 is 0 Å². The fourth-order valence-corrected chi connectivity index (χ4v) is 3.40. The van der Waals surface area contributed by atoms with Crippen LogP contribution in [-0.4, -0.2) is 9.97 Å². The summed E-state index contributed by atoms with van der Waals surface area (Å²) >= 11 is 1.54. The molecule has 0 fully saturated rings. The normalized spacial score (nSPS) is 11.7. The lowest BCUT2D eigenvalue weighted by atomic mass is 10.1. The van der Waals surface area contributed by atoms with Crippen molar-refractivity contribution in [2.75, 3.05) is 0 Å². The van der Waals surface area contributed by atoms with Gasteiger partial charge in [-0.15, -0.1) is 11.3 Å². The summed E-state index contributed by atoms with van der Waals surface area (Å²) in [5.74, 6) is 0. The maximum Gasteiger partial charge on any atom is 0.135 e. The Bertz CT molecular complexity index is 1050. The van der Waals surface area contributed by atoms with E-state index in [4.69, 9.17) is 0 Å². The number of pyridine rings is 1. The van der Waals surface area contributed by atoms with Crippen molar-refractivity contribution in [2.24, 2.45) is 0 Å². The number of benzene rings is 2. The summed E-state index contributed by atoms with van der Waals surface area (Å²) in [7, 11) is 0. The molecule has 0 aliphatic carbocycles. The van der Waals surface area contributed by atoms with Gasteiger partial charge in [0.15, 0.2) is 0 Å². The number of para-hydroxylation sites is 1. The van der Waals surface area contributed by atoms with Gasteiger partial charge in [0, 0.05) is 11.6 Å². The van der Waals surface area contributed by atoms with E-state index in [1.807, 2.05) is 60.7 Å². The van der Waals surface area contributed by atoms with Crippen molar-refractivity contribution >= 4 is 44.1 Å². The Kier molecular flexibility index (Phi) is 3.34. The molecule has 2 heterocycles. The summed E-state index contributed by atoms with van der Waals surface area (Å²) in [6.07, 6.45) is 3.64. The molecule has 3 nitrogen and oxygen atoms in total. The van der Waals surface area contributed by atoms with Crippen molar-refractivity contribution in [3.8, 4) is 6.07 Å². The maximum absolute atomic E-state index is 9.51. The zero-order valence-electron chi connectivity index (χ0n) is 12.1. The van der Waals surface area contributed by atoms with Gasteiger partial charge < -0.3 is 0 Å². The summed E-state index contributed by atoms with van der Waals surface area (Å²) in [5.41, 5.74) is 3.37. The summed E-state index contributed by atoms with van der Waals surface area (Å²) in [4.78, 5) is 8.91. The number of hydrogen-bond donors (Lipinski definition) is 0. The molecular weight excluding hydrogens is 302 g/mol. The van der Waals surface area contributed by atoms with Crippen LogP contribution in [0.1, 0.15) is 10.6 Å². The molecular formula is C19H11N3S. The zero-order chi connectivity index (χ0) is 15.6. The van der Waals surface area contributed by atoms with Crippen LogP contribution >= 0.6 is 11.3 Å². The second-order valence-electron chi connectivity index (χ2n) is 5.11. The minimum Gasteiger partial charge on any atom is -0.256 e. The van der Waals surface area contributed by atoms with Gasteiger partial charge in [0.25, 0.3) is 0 Å². The Balaban J connectivity index is 1.81. The van der Waals surface area contributed by atoms with Gasteiger partial charge in [0.05, 0.1) is 21.3 Å². The second-order valence-corrected chi connectivity index (χ2v) is 6.14. The van der Waals surface area contributed by atoms with Gasteiger partial charge in [0.1, 0.15) is 11.1 Å². The average Bonchev–Trinajstić information content (AvgIpc) is 3.03. The number of nitrogens with zero attached hydrogens (tertiary/aromatic N) is 3. The number of allylic oxidation sites excluding steroid dienone is 1. The highest BCUT2D eigenvalue weighted by molar-refractivity contribution is 7.19. The van der Waals surface area contributed by atoms with Crippen LogP contribution in [0.25, 0.3) is 32.8 Å². The van der Waals surface area contributed by atoms with Gasteiger partial charge in [0.2, 0.25) is 0 Å². The largest absolute Gasteiger partial charge is 0.256 e. The minimum atomic E-state index is 0.571. The molecule has 4 rings (SSSR count). The summed E-state index contributed by atoms with van der Waals surface area (Å²) in [6.45, 7) is 0. The number of thiazole rings is 1. The molecule has 0 saturated heterocycles. The van der Waals surface area contributed by atoms with Gasteiger partial charge >= 0.3 is 0 Å². The van der Waals surface area contributed by atoms with Crippen molar-refractivity contribution in [3.05, 3.63) is 71.4 Å². The van der Waals surface area contributed by atoms with E-state index in [1.54, 1.807) is 6.20 Å². The van der Waals surface area contributed by atoms with Crippen molar-refractivity contribution in [2.45, 2.75) is 0 Å². The third-order valence-corrected chi connectivity index (χ3v) is 4.66. The number of fused-ring (bicyclic) bond motifs is 2. The molecule has 0 radical (unpaired) electrons. The zero-order valence-corrected chi connectivity index (χ0v) is 12.9. The average molecular weight is 313 g/mol. The van der Waals surface area contributed by atoms with E-state index in [1.165, 1.54) is 11.3 Å². The van der Waals surface area contributed by atoms with Crippen LogP contribution in [0, 0.1) is 11.3 Å². The van der Waals surface area contributed by atoms with E-state index in [0.717, 1.165) is 31.7 Å². The molecule has 0 atom stereocenters. The third-order valence-electron chi connectivity index (χ3n) is 3.59. The number of nitriles is 1. The lowest BCUT2D eigenvalue weighted by molar-refractivity contribution is 1.41. The van der Waals surface area contributed by atoms with Gasteiger partial charge in [-0.2, -0.15) is 5.26 Å². The molecule has 0 N–H and O–H groups in total. The Labute approximate surface area is 137 Å². The first-order chi connectivity index (χ1) is 11.3. The Morgan fingerprint density at radius 1 is 1.04 bits per heavy atom. The summed E-state index contributed by atoms with van der Waals surface area (Å²) in [6, 6.07) is 20.1. The fourth-order valence-electron chi connectivity index (χ4n) is 2.47. The Morgan fingerprint density at radius 3 is 2.83 bits per heavy atom. The smallest absolute Gasteiger partial charge is 0.135 e. The van der Waals surface area contributed by atoms with Crippen LogP contribution in [0.3, 0.4) is 0 Å². The van der Waals surface area contributed by atoms with Crippen LogP contribution in [0.15, 0.2) is 60.8 Å². The van der Waals surface area contributed by atoms with E-state index in [2.05, 4.69) is 16.0 Å². The quantitative estimate of drug-likeness (QED) is 0.494. The summed E-state index contributed by atoms with van der Waals surface area (Å²) < 4.78 is 1.09. The van der Waals surface area contributed by atoms with E-state index in [0.29, 0.717) is 5.57 Å². The van der Waals surface area contributed by atoms with Gasteiger partial charge in [-0.05, 0) is 35.9 Å². The first-order valence-corrected chi connectivity index (χ1v) is 7.98. The highest BCUT2D eigenvalue weighted by atomic mass is 32.1. The molecule has 4 aromatic rings. The first-order valence-electron chi connectivity index (χ1n) is 7.16. The molecule has 0 aliphatic rings. The van der Waals surface area contributed by atoms with Gasteiger partial charge in [-0.25, -0.2) is 4.98 Å². The molecule has 0 aliphatic heterocycles. The molecule has 0 unspecified atom stereocenters. The predicted octanol–water partition coefficient (Wildman–Crippen LogP) is 4.91. The fraction of sp³-hybridized carbons (Fsp3) is 0. The van der Waals surface area contributed by atoms with Gasteiger partial charge in [-0.1, -0.05) is 30.3 Å². The predicted molar refractivity (Wildman–Crippen MR) is 94.8 cm³/mol. The standard InChI is InChI=1S/C19H11N3S/c20-12-15(19-22-16-5-1-2-6-18(16)23-19)10-13-7-8-14-4-3-9-21-17(14)11-13/h1-11H/b15-10-. The topological polar surface area (TPSA) is 49.6 Å². The highest BCUT2D eigenvalue weighted by Crippen LogP contribution is 2.28. The number of hydrogen-bond acceptors (Lipinski definition) is 4. The lowest BCUT2D eigenvalue weighted by Crippen LogP contribution is -1.82. The molecule has 108 valence electrons. The minimum absolute atomic E-state index is 0.571. The van der Waals surface area contributed by atoms with Crippen molar-refractivity contribution in [1.29, 1.82) is 5.26 Å². The monoisotopic (exact) mass is 313 g/mol. The molecule has 2 aromatic heterocycles. The van der Waals surface area contributed by atoms with Crippen molar-refractivity contribution < 1.29 is 0 Å². The molecule has 0 saturated carbocycles. The lowest BCUT2D eigenvalue weighted by Gasteiger charge is -1.99. The van der Waals surface area contributed by atoms with E-state index < -0.39 is 0 Å². The molecule has 0 bridgehead atoms. The maximum atomic E-state index is 9.51. The molecule has 2 aromatic carbocycles. The van der Waals surface area contributed by atoms with Crippen LogP contribution in [0.2, 0.25) is 0 Å². The summed E-state index contributed by atoms with van der Waals surface area (Å²) in [5, 5.41) is 11.3. The van der Waals surface area contributed by atoms with E-state index in [9.17, 15) is 5.26 Å². The van der Waals surface area contributed by atoms with E-state index >= 15 is 0 Å². The molecule has 4 heteroatoms. The Hall–Kier alpha value is -3.03. The second kappa shape index (κ2) is 5.64. The van der Waals surface area contributed by atoms with Crippen molar-refractivity contribution in [1.82, 2.24) is 9.97 Å². The molecule has 23 heavy (non-hydrogen) atoms. The SMILES string of the molecule is N#C/C(=C/c1ccc2cccnc2c1)c1nc2ccccc2s1. The van der Waals surface area contributed by atoms with Crippen LogP contribution in [0.4, 0.5) is 0 Å². The molecule has 0 amide bonds. The van der Waals surface area contributed by atoms with Crippen molar-refractivity contribution in [3.63, 3.8) is 0 Å². The number of rotatable bonds is 2. The van der Waals surface area contributed by atoms with E-state index in [-0.39, 0.29) is 0 Å². The Morgan fingerprint density at radius 2 is 1.96 bits per heavy atom. The first kappa shape index (κ1) is 13.6.